The van der Waals surface area contributed by atoms with Crippen LogP contribution in [-0.2, 0) is 4.74 Å². The predicted molar refractivity (Wildman–Crippen MR) is 71.3 cm³/mol. The first-order chi connectivity index (χ1) is 8.06. The number of nitrogens with zero attached hydrogens (tertiary/aromatic N) is 1. The minimum Gasteiger partial charge on any atom is -0.381 e. The highest BCUT2D eigenvalue weighted by Gasteiger charge is 2.43. The van der Waals surface area contributed by atoms with E-state index >= 15 is 0 Å². The lowest BCUT2D eigenvalue weighted by molar-refractivity contribution is 0.0222. The first-order valence-corrected chi connectivity index (χ1v) is 7.03. The number of hydrogen-bond acceptors (Lipinski definition) is 3. The van der Waals surface area contributed by atoms with Crippen molar-refractivity contribution in [3.8, 4) is 0 Å². The maximum atomic E-state index is 5.46. The molecule has 3 nitrogen and oxygen atoms in total. The summed E-state index contributed by atoms with van der Waals surface area (Å²) >= 11 is 0. The maximum absolute atomic E-state index is 5.46. The Bertz CT molecular complexity index is 249. The van der Waals surface area contributed by atoms with Gasteiger partial charge in [-0.1, -0.05) is 13.8 Å². The zero-order valence-corrected chi connectivity index (χ0v) is 11.8. The lowest BCUT2D eigenvalue weighted by atomic mass is 9.86. The molecule has 2 unspecified atom stereocenters. The highest BCUT2D eigenvalue weighted by Crippen LogP contribution is 2.40. The summed E-state index contributed by atoms with van der Waals surface area (Å²) in [7, 11) is 4.43. The highest BCUT2D eigenvalue weighted by atomic mass is 16.5. The lowest BCUT2D eigenvalue weighted by Gasteiger charge is -2.40. The van der Waals surface area contributed by atoms with Crippen LogP contribution in [0.3, 0.4) is 0 Å². The second-order valence-electron chi connectivity index (χ2n) is 6.37. The van der Waals surface area contributed by atoms with Gasteiger partial charge in [0.25, 0.3) is 0 Å². The van der Waals surface area contributed by atoms with E-state index in [1.807, 2.05) is 0 Å². The van der Waals surface area contributed by atoms with Gasteiger partial charge in [-0.2, -0.15) is 0 Å². The summed E-state index contributed by atoms with van der Waals surface area (Å²) in [6.07, 6.45) is 5.05. The monoisotopic (exact) mass is 240 g/mol. The second kappa shape index (κ2) is 5.25. The van der Waals surface area contributed by atoms with Crippen molar-refractivity contribution in [2.45, 2.75) is 57.7 Å². The van der Waals surface area contributed by atoms with Crippen LogP contribution in [0.25, 0.3) is 0 Å². The Morgan fingerprint density at radius 3 is 2.41 bits per heavy atom. The van der Waals surface area contributed by atoms with Crippen LogP contribution in [0.1, 0.15) is 39.5 Å². The fourth-order valence-electron chi connectivity index (χ4n) is 3.75. The van der Waals surface area contributed by atoms with Crippen molar-refractivity contribution in [1.82, 2.24) is 10.2 Å². The van der Waals surface area contributed by atoms with Crippen molar-refractivity contribution in [3.05, 3.63) is 0 Å². The van der Waals surface area contributed by atoms with Crippen molar-refractivity contribution in [2.24, 2.45) is 5.41 Å². The molecule has 17 heavy (non-hydrogen) atoms. The van der Waals surface area contributed by atoms with Crippen LogP contribution in [0, 0.1) is 5.41 Å². The largest absolute Gasteiger partial charge is 0.381 e. The zero-order valence-electron chi connectivity index (χ0n) is 11.8. The minimum absolute atomic E-state index is 0.429. The average molecular weight is 240 g/mol. The van der Waals surface area contributed by atoms with E-state index in [4.69, 9.17) is 4.74 Å². The molecule has 0 aromatic rings. The van der Waals surface area contributed by atoms with Crippen LogP contribution < -0.4 is 5.32 Å². The van der Waals surface area contributed by atoms with Crippen molar-refractivity contribution in [1.29, 1.82) is 0 Å². The Morgan fingerprint density at radius 2 is 1.82 bits per heavy atom. The molecule has 1 N–H and O–H groups in total. The summed E-state index contributed by atoms with van der Waals surface area (Å²) in [5.41, 5.74) is 0.429. The molecule has 1 aliphatic carbocycles. The molecule has 100 valence electrons. The van der Waals surface area contributed by atoms with E-state index in [1.165, 1.54) is 25.7 Å². The van der Waals surface area contributed by atoms with Gasteiger partial charge >= 0.3 is 0 Å². The van der Waals surface area contributed by atoms with Crippen LogP contribution in [0.4, 0.5) is 0 Å². The van der Waals surface area contributed by atoms with E-state index in [-0.39, 0.29) is 0 Å². The third-order valence-electron chi connectivity index (χ3n) is 4.91. The normalized spacial score (nSPS) is 34.4. The lowest BCUT2D eigenvalue weighted by Crippen LogP contribution is -2.53. The van der Waals surface area contributed by atoms with Gasteiger partial charge in [0, 0.05) is 31.3 Å². The summed E-state index contributed by atoms with van der Waals surface area (Å²) in [5, 5.41) is 3.55. The van der Waals surface area contributed by atoms with E-state index in [0.29, 0.717) is 17.5 Å². The first kappa shape index (κ1) is 13.3. The second-order valence-corrected chi connectivity index (χ2v) is 6.37. The van der Waals surface area contributed by atoms with Crippen molar-refractivity contribution < 1.29 is 4.74 Å². The number of rotatable bonds is 3. The third-order valence-corrected chi connectivity index (χ3v) is 4.91. The Labute approximate surface area is 106 Å². The van der Waals surface area contributed by atoms with Gasteiger partial charge in [0.1, 0.15) is 0 Å². The molecule has 1 saturated heterocycles. The Hall–Kier alpha value is -0.120. The molecule has 2 atom stereocenters. The van der Waals surface area contributed by atoms with Crippen LogP contribution in [0.15, 0.2) is 0 Å². The smallest absolute Gasteiger partial charge is 0.0480 e. The topological polar surface area (TPSA) is 24.5 Å². The molecule has 0 spiro atoms. The standard InChI is InChI=1S/C14H28N2O/c1-14(2)8-5-12(13(14)15-3)16(4)11-6-9-17-10-7-11/h11-13,15H,5-10H2,1-4H3. The molecule has 2 fully saturated rings. The van der Waals surface area contributed by atoms with Crippen molar-refractivity contribution >= 4 is 0 Å². The van der Waals surface area contributed by atoms with Crippen molar-refractivity contribution in [2.75, 3.05) is 27.3 Å². The van der Waals surface area contributed by atoms with Gasteiger partial charge in [0.05, 0.1) is 0 Å². The quantitative estimate of drug-likeness (QED) is 0.815. The zero-order chi connectivity index (χ0) is 12.5. The van der Waals surface area contributed by atoms with Gasteiger partial charge in [-0.25, -0.2) is 0 Å². The van der Waals surface area contributed by atoms with Crippen LogP contribution in [0.2, 0.25) is 0 Å². The van der Waals surface area contributed by atoms with Gasteiger partial charge in [-0.3, -0.25) is 4.90 Å². The maximum Gasteiger partial charge on any atom is 0.0480 e. The summed E-state index contributed by atoms with van der Waals surface area (Å²) in [5.74, 6) is 0. The van der Waals surface area contributed by atoms with Gasteiger partial charge in [-0.05, 0) is 45.2 Å². The summed E-state index contributed by atoms with van der Waals surface area (Å²) in [6, 6.07) is 2.03. The molecule has 1 saturated carbocycles. The number of nitrogens with one attached hydrogen (secondary N) is 1. The van der Waals surface area contributed by atoms with E-state index in [9.17, 15) is 0 Å². The summed E-state index contributed by atoms with van der Waals surface area (Å²) < 4.78 is 5.46. The van der Waals surface area contributed by atoms with Gasteiger partial charge in [0.15, 0.2) is 0 Å². The number of likely N-dealkylation sites (N-methyl/N-ethyl adjacent to an activating group) is 2. The first-order valence-electron chi connectivity index (χ1n) is 7.03. The van der Waals surface area contributed by atoms with Gasteiger partial charge in [0.2, 0.25) is 0 Å². The summed E-state index contributed by atoms with van der Waals surface area (Å²) in [4.78, 5) is 2.62. The Kier molecular flexibility index (Phi) is 4.11. The van der Waals surface area contributed by atoms with Crippen LogP contribution in [0.5, 0.6) is 0 Å². The number of hydrogen-bond donors (Lipinski definition) is 1. The van der Waals surface area contributed by atoms with E-state index < -0.39 is 0 Å². The fourth-order valence-corrected chi connectivity index (χ4v) is 3.75. The molecule has 1 heterocycles. The van der Waals surface area contributed by atoms with Gasteiger partial charge < -0.3 is 10.1 Å². The van der Waals surface area contributed by atoms with Gasteiger partial charge in [-0.15, -0.1) is 0 Å². The highest BCUT2D eigenvalue weighted by molar-refractivity contribution is 5.01. The molecular weight excluding hydrogens is 212 g/mol. The molecule has 0 aromatic carbocycles. The molecule has 2 rings (SSSR count). The van der Waals surface area contributed by atoms with E-state index in [1.54, 1.807) is 0 Å². The molecule has 0 bridgehead atoms. The summed E-state index contributed by atoms with van der Waals surface area (Å²) in [6.45, 7) is 6.67. The molecule has 0 amide bonds. The molecule has 0 radical (unpaired) electrons. The van der Waals surface area contributed by atoms with E-state index in [2.05, 4.69) is 38.2 Å². The fraction of sp³-hybridized carbons (Fsp3) is 1.00. The predicted octanol–water partition coefficient (Wildman–Crippen LogP) is 1.87. The average Bonchev–Trinajstić information content (AvgIpc) is 2.64. The van der Waals surface area contributed by atoms with Crippen molar-refractivity contribution in [3.63, 3.8) is 0 Å². The van der Waals surface area contributed by atoms with Crippen LogP contribution >= 0.6 is 0 Å². The molecule has 0 aromatic heterocycles. The SMILES string of the molecule is CNC1C(N(C)C2CCOCC2)CCC1(C)C. The third kappa shape index (κ3) is 2.67. The van der Waals surface area contributed by atoms with Crippen LogP contribution in [-0.4, -0.2) is 50.3 Å². The molecular formula is C14H28N2O. The molecule has 1 aliphatic heterocycles. The Balaban J connectivity index is 2.01. The minimum atomic E-state index is 0.429. The molecule has 3 heteroatoms. The molecule has 2 aliphatic rings. The van der Waals surface area contributed by atoms with E-state index in [0.717, 1.165) is 19.3 Å². The number of ether oxygens (including phenoxy) is 1. The Morgan fingerprint density at radius 1 is 1.18 bits per heavy atom.